The number of nitrogens with zero attached hydrogens (tertiary/aromatic N) is 2. The minimum absolute atomic E-state index is 0.0283. The van der Waals surface area contributed by atoms with Gasteiger partial charge in [-0.1, -0.05) is 11.8 Å². The molecule has 0 spiro atoms. The van der Waals surface area contributed by atoms with Crippen molar-refractivity contribution in [3.63, 3.8) is 0 Å². The molecule has 2 aliphatic heterocycles. The lowest BCUT2D eigenvalue weighted by Gasteiger charge is -2.21. The van der Waals surface area contributed by atoms with Gasteiger partial charge < -0.3 is 20.2 Å². The normalized spacial score (nSPS) is 45.2. The fourth-order valence-corrected chi connectivity index (χ4v) is 4.50. The Morgan fingerprint density at radius 1 is 1.24 bits per heavy atom. The lowest BCUT2D eigenvalue weighted by molar-refractivity contribution is 0.00323. The van der Waals surface area contributed by atoms with Crippen LogP contribution in [0.15, 0.2) is 4.99 Å². The first-order chi connectivity index (χ1) is 8.22. The van der Waals surface area contributed by atoms with Gasteiger partial charge >= 0.3 is 0 Å². The van der Waals surface area contributed by atoms with E-state index in [0.29, 0.717) is 0 Å². The smallest absolute Gasteiger partial charge is 0.159 e. The highest BCUT2D eigenvalue weighted by Gasteiger charge is 2.53. The van der Waals surface area contributed by atoms with E-state index in [9.17, 15) is 15.3 Å². The van der Waals surface area contributed by atoms with Crippen molar-refractivity contribution in [3.05, 3.63) is 0 Å². The first-order valence-corrected chi connectivity index (χ1v) is 7.06. The van der Waals surface area contributed by atoms with Crippen molar-refractivity contribution in [1.82, 2.24) is 4.90 Å². The second-order valence-corrected chi connectivity index (χ2v) is 6.15. The van der Waals surface area contributed by atoms with Crippen molar-refractivity contribution in [2.45, 2.75) is 36.3 Å². The average Bonchev–Trinajstić information content (AvgIpc) is 2.99. The van der Waals surface area contributed by atoms with E-state index in [0.717, 1.165) is 18.3 Å². The minimum Gasteiger partial charge on any atom is -0.396 e. The van der Waals surface area contributed by atoms with Gasteiger partial charge in [0.05, 0.1) is 12.1 Å². The summed E-state index contributed by atoms with van der Waals surface area (Å²) in [6.45, 7) is 1.98. The molecule has 1 aliphatic carbocycles. The summed E-state index contributed by atoms with van der Waals surface area (Å²) in [5.41, 5.74) is 0. The van der Waals surface area contributed by atoms with E-state index in [4.69, 9.17) is 0 Å². The summed E-state index contributed by atoms with van der Waals surface area (Å²) in [7, 11) is 0. The van der Waals surface area contributed by atoms with E-state index in [2.05, 4.69) is 9.89 Å². The Labute approximate surface area is 105 Å². The van der Waals surface area contributed by atoms with Gasteiger partial charge in [-0.25, -0.2) is 0 Å². The molecule has 0 aromatic carbocycles. The minimum atomic E-state index is -0.841. The molecule has 1 saturated heterocycles. The summed E-state index contributed by atoms with van der Waals surface area (Å²) in [5, 5.41) is 30.1. The number of hydrogen-bond donors (Lipinski definition) is 3. The number of likely N-dealkylation sites (tertiary alicyclic amines) is 1. The summed E-state index contributed by atoms with van der Waals surface area (Å²) in [4.78, 5) is 6.79. The molecule has 0 bridgehead atoms. The van der Waals surface area contributed by atoms with Crippen LogP contribution in [0.1, 0.15) is 12.8 Å². The lowest BCUT2D eigenvalue weighted by atomic mass is 10.1. The number of hydrogen-bond acceptors (Lipinski definition) is 6. The zero-order valence-electron chi connectivity index (χ0n) is 9.57. The monoisotopic (exact) mass is 258 g/mol. The van der Waals surface area contributed by atoms with Gasteiger partial charge in [0.2, 0.25) is 0 Å². The molecule has 1 saturated carbocycles. The third-order valence-corrected chi connectivity index (χ3v) is 5.46. The van der Waals surface area contributed by atoms with Crippen LogP contribution in [0.2, 0.25) is 0 Å². The molecule has 5 atom stereocenters. The zero-order valence-corrected chi connectivity index (χ0v) is 10.4. The van der Waals surface area contributed by atoms with Gasteiger partial charge in [0.15, 0.2) is 5.17 Å². The SMILES string of the molecule is OC[C@H]1C2SC(N3CCCC3)=NC2[C@@H](O)C1O. The van der Waals surface area contributed by atoms with Crippen molar-refractivity contribution in [1.29, 1.82) is 0 Å². The lowest BCUT2D eigenvalue weighted by Crippen LogP contribution is -2.32. The summed E-state index contributed by atoms with van der Waals surface area (Å²) in [6, 6.07) is -0.247. The summed E-state index contributed by atoms with van der Waals surface area (Å²) in [5.74, 6) is -0.260. The molecule has 3 rings (SSSR count). The van der Waals surface area contributed by atoms with Crippen LogP contribution in [0.4, 0.5) is 0 Å². The van der Waals surface area contributed by atoms with Gasteiger partial charge in [-0.05, 0) is 12.8 Å². The highest BCUT2D eigenvalue weighted by atomic mass is 32.2. The van der Waals surface area contributed by atoms with Gasteiger partial charge in [-0.3, -0.25) is 4.99 Å². The van der Waals surface area contributed by atoms with Crippen molar-refractivity contribution in [2.75, 3.05) is 19.7 Å². The second-order valence-electron chi connectivity index (χ2n) is 5.01. The molecule has 0 amide bonds. The van der Waals surface area contributed by atoms with Crippen LogP contribution in [-0.4, -0.2) is 68.6 Å². The number of aliphatic hydroxyl groups excluding tert-OH is 3. The maximum Gasteiger partial charge on any atom is 0.159 e. The van der Waals surface area contributed by atoms with Crippen LogP contribution in [-0.2, 0) is 0 Å². The van der Waals surface area contributed by atoms with Gasteiger partial charge in [0, 0.05) is 30.9 Å². The number of aliphatic imine (C=N–C) groups is 1. The molecule has 0 aromatic heterocycles. The van der Waals surface area contributed by atoms with Gasteiger partial charge in [0.1, 0.15) is 6.10 Å². The Morgan fingerprint density at radius 3 is 2.59 bits per heavy atom. The highest BCUT2D eigenvalue weighted by Crippen LogP contribution is 2.43. The first kappa shape index (κ1) is 11.8. The zero-order chi connectivity index (χ0) is 12.0. The summed E-state index contributed by atoms with van der Waals surface area (Å²) >= 11 is 1.61. The van der Waals surface area contributed by atoms with Crippen LogP contribution < -0.4 is 0 Å². The molecular weight excluding hydrogens is 240 g/mol. The van der Waals surface area contributed by atoms with Crippen LogP contribution in [0.25, 0.3) is 0 Å². The first-order valence-electron chi connectivity index (χ1n) is 6.19. The maximum atomic E-state index is 9.93. The Kier molecular flexibility index (Phi) is 3.06. The topological polar surface area (TPSA) is 76.3 Å². The average molecular weight is 258 g/mol. The van der Waals surface area contributed by atoms with E-state index in [1.165, 1.54) is 12.8 Å². The summed E-state index contributed by atoms with van der Waals surface area (Å²) in [6.07, 6.45) is 0.726. The van der Waals surface area contributed by atoms with Crippen LogP contribution >= 0.6 is 11.8 Å². The van der Waals surface area contributed by atoms with Gasteiger partial charge in [-0.2, -0.15) is 0 Å². The van der Waals surface area contributed by atoms with Gasteiger partial charge in [-0.15, -0.1) is 0 Å². The molecule has 0 aromatic rings. The largest absolute Gasteiger partial charge is 0.396 e. The van der Waals surface area contributed by atoms with Crippen LogP contribution in [0, 0.1) is 5.92 Å². The fraction of sp³-hybridized carbons (Fsp3) is 0.909. The van der Waals surface area contributed by atoms with Crippen molar-refractivity contribution in [2.24, 2.45) is 10.9 Å². The third kappa shape index (κ3) is 1.78. The molecule has 96 valence electrons. The number of amidine groups is 1. The highest BCUT2D eigenvalue weighted by molar-refractivity contribution is 8.14. The van der Waals surface area contributed by atoms with E-state index in [-0.39, 0.29) is 23.8 Å². The van der Waals surface area contributed by atoms with E-state index in [1.54, 1.807) is 11.8 Å². The predicted octanol–water partition coefficient (Wildman–Crippen LogP) is -0.734. The second kappa shape index (κ2) is 4.42. The van der Waals surface area contributed by atoms with Crippen LogP contribution in [0.5, 0.6) is 0 Å². The maximum absolute atomic E-state index is 9.93. The quantitative estimate of drug-likeness (QED) is 0.578. The molecule has 5 nitrogen and oxygen atoms in total. The molecule has 17 heavy (non-hydrogen) atoms. The Morgan fingerprint density at radius 2 is 1.94 bits per heavy atom. The summed E-state index contributed by atoms with van der Waals surface area (Å²) < 4.78 is 0. The van der Waals surface area contributed by atoms with Gasteiger partial charge in [0.25, 0.3) is 0 Å². The van der Waals surface area contributed by atoms with Crippen molar-refractivity contribution >= 4 is 16.9 Å². The molecule has 3 N–H and O–H groups in total. The van der Waals surface area contributed by atoms with Crippen LogP contribution in [0.3, 0.4) is 0 Å². The molecular formula is C11H18N2O3S. The molecule has 0 radical (unpaired) electrons. The van der Waals surface area contributed by atoms with Crippen molar-refractivity contribution < 1.29 is 15.3 Å². The predicted molar refractivity (Wildman–Crippen MR) is 66.0 cm³/mol. The molecule has 6 heteroatoms. The van der Waals surface area contributed by atoms with E-state index in [1.807, 2.05) is 0 Å². The molecule has 3 unspecified atom stereocenters. The Hall–Kier alpha value is -0.300. The molecule has 2 fully saturated rings. The standard InChI is InChI=1S/C11H18N2O3S/c14-5-6-8(15)9(16)7-10(6)17-11(12-7)13-3-1-2-4-13/h6-10,14-16H,1-5H2/t6-,7?,8?,9-,10?/m1/s1. The van der Waals surface area contributed by atoms with Crippen molar-refractivity contribution in [3.8, 4) is 0 Å². The number of thioether (sulfide) groups is 1. The fourth-order valence-electron chi connectivity index (χ4n) is 2.96. The third-order valence-electron chi connectivity index (χ3n) is 3.99. The Bertz CT molecular complexity index is 333. The van der Waals surface area contributed by atoms with E-state index < -0.39 is 12.2 Å². The Balaban J connectivity index is 1.77. The number of rotatable bonds is 1. The molecule has 2 heterocycles. The number of aliphatic hydroxyl groups is 3. The number of fused-ring (bicyclic) bond motifs is 1. The molecule has 3 aliphatic rings. The van der Waals surface area contributed by atoms with E-state index >= 15 is 0 Å².